The van der Waals surface area contributed by atoms with E-state index in [1.807, 2.05) is 12.1 Å². The first-order valence-electron chi connectivity index (χ1n) is 6.22. The van der Waals surface area contributed by atoms with Gasteiger partial charge in [0.25, 0.3) is 5.91 Å². The van der Waals surface area contributed by atoms with Crippen LogP contribution in [0.3, 0.4) is 0 Å². The highest BCUT2D eigenvalue weighted by atomic mass is 32.1. The van der Waals surface area contributed by atoms with Gasteiger partial charge in [0.1, 0.15) is 0 Å². The third kappa shape index (κ3) is 1.98. The van der Waals surface area contributed by atoms with Crippen molar-refractivity contribution in [2.45, 2.75) is 18.8 Å². The van der Waals surface area contributed by atoms with Crippen LogP contribution < -0.4 is 11.5 Å². The fraction of sp³-hybridized carbons (Fsp3) is 0.214. The zero-order chi connectivity index (χ0) is 14.3. The molecule has 2 aromatic rings. The van der Waals surface area contributed by atoms with E-state index >= 15 is 0 Å². The number of rotatable bonds is 2. The van der Waals surface area contributed by atoms with Crippen molar-refractivity contribution in [1.82, 2.24) is 4.98 Å². The Morgan fingerprint density at radius 1 is 1.40 bits per heavy atom. The van der Waals surface area contributed by atoms with Crippen LogP contribution in [-0.2, 0) is 6.42 Å². The quantitative estimate of drug-likeness (QED) is 0.878. The zero-order valence-electron chi connectivity index (χ0n) is 10.6. The minimum absolute atomic E-state index is 0.0179. The number of hydrogen-bond donors (Lipinski definition) is 2. The molecule has 6 heteroatoms. The first-order chi connectivity index (χ1) is 9.58. The summed E-state index contributed by atoms with van der Waals surface area (Å²) < 4.78 is 0. The highest BCUT2D eigenvalue weighted by Crippen LogP contribution is 2.40. The Kier molecular flexibility index (Phi) is 3.02. The number of nitrogen functional groups attached to an aromatic ring is 1. The second-order valence-corrected chi connectivity index (χ2v) is 5.88. The number of pyridine rings is 1. The second-order valence-electron chi connectivity index (χ2n) is 4.83. The van der Waals surface area contributed by atoms with Gasteiger partial charge in [-0.3, -0.25) is 14.6 Å². The molecule has 1 aliphatic rings. The van der Waals surface area contributed by atoms with Crippen molar-refractivity contribution >= 4 is 28.0 Å². The summed E-state index contributed by atoms with van der Waals surface area (Å²) in [6, 6.07) is 3.78. The molecule has 1 atom stereocenters. The van der Waals surface area contributed by atoms with Crippen molar-refractivity contribution in [3.63, 3.8) is 0 Å². The topological polar surface area (TPSA) is 99.1 Å². The molecule has 5 nitrogen and oxygen atoms in total. The van der Waals surface area contributed by atoms with Crippen molar-refractivity contribution in [3.05, 3.63) is 46.1 Å². The summed E-state index contributed by atoms with van der Waals surface area (Å²) in [5.41, 5.74) is 13.2. The predicted octanol–water partition coefficient (Wildman–Crippen LogP) is 1.74. The lowest BCUT2D eigenvalue weighted by Crippen LogP contribution is -2.21. The normalized spacial score (nSPS) is 17.8. The SMILES string of the molecule is NC(=O)c1c(N)sc2c1CC(c1cccnc1)CC2=O. The van der Waals surface area contributed by atoms with Gasteiger partial charge in [0, 0.05) is 18.8 Å². The molecule has 0 aliphatic heterocycles. The van der Waals surface area contributed by atoms with E-state index in [0.717, 1.165) is 16.9 Å². The maximum Gasteiger partial charge on any atom is 0.251 e. The van der Waals surface area contributed by atoms with Crippen LogP contribution in [0, 0.1) is 0 Å². The van der Waals surface area contributed by atoms with Gasteiger partial charge in [0.15, 0.2) is 5.78 Å². The van der Waals surface area contributed by atoms with E-state index in [1.54, 1.807) is 12.4 Å². The zero-order valence-corrected chi connectivity index (χ0v) is 11.4. The molecule has 4 N–H and O–H groups in total. The molecule has 1 aliphatic carbocycles. The summed E-state index contributed by atoms with van der Waals surface area (Å²) in [7, 11) is 0. The maximum absolute atomic E-state index is 12.2. The molecule has 0 aromatic carbocycles. The molecule has 0 spiro atoms. The highest BCUT2D eigenvalue weighted by Gasteiger charge is 2.32. The average molecular weight is 287 g/mol. The molecule has 1 unspecified atom stereocenters. The number of nitrogens with two attached hydrogens (primary N) is 2. The van der Waals surface area contributed by atoms with Gasteiger partial charge in [-0.05, 0) is 29.5 Å². The van der Waals surface area contributed by atoms with Crippen molar-refractivity contribution < 1.29 is 9.59 Å². The molecule has 3 rings (SSSR count). The van der Waals surface area contributed by atoms with E-state index in [-0.39, 0.29) is 11.7 Å². The predicted molar refractivity (Wildman–Crippen MR) is 76.9 cm³/mol. The van der Waals surface area contributed by atoms with Crippen LogP contribution in [0.25, 0.3) is 0 Å². The minimum atomic E-state index is -0.570. The third-order valence-electron chi connectivity index (χ3n) is 3.57. The van der Waals surface area contributed by atoms with Crippen molar-refractivity contribution in [2.24, 2.45) is 5.73 Å². The van der Waals surface area contributed by atoms with Crippen molar-refractivity contribution in [1.29, 1.82) is 0 Å². The summed E-state index contributed by atoms with van der Waals surface area (Å²) in [5.74, 6) is -0.528. The monoisotopic (exact) mass is 287 g/mol. The lowest BCUT2D eigenvalue weighted by molar-refractivity contribution is 0.0968. The summed E-state index contributed by atoms with van der Waals surface area (Å²) in [4.78, 5) is 28.4. The summed E-state index contributed by atoms with van der Waals surface area (Å²) in [6.45, 7) is 0. The average Bonchev–Trinajstić information content (AvgIpc) is 2.76. The third-order valence-corrected chi connectivity index (χ3v) is 4.67. The molecule has 2 heterocycles. The molecule has 0 saturated carbocycles. The van der Waals surface area contributed by atoms with Gasteiger partial charge >= 0.3 is 0 Å². The Bertz CT molecular complexity index is 694. The fourth-order valence-corrected chi connectivity index (χ4v) is 3.71. The van der Waals surface area contributed by atoms with Gasteiger partial charge in [-0.15, -0.1) is 11.3 Å². The largest absolute Gasteiger partial charge is 0.390 e. The molecule has 0 saturated heterocycles. The van der Waals surface area contributed by atoms with E-state index in [1.165, 1.54) is 0 Å². The van der Waals surface area contributed by atoms with E-state index in [4.69, 9.17) is 11.5 Å². The Balaban J connectivity index is 2.06. The second kappa shape index (κ2) is 4.72. The van der Waals surface area contributed by atoms with Crippen LogP contribution in [0.5, 0.6) is 0 Å². The van der Waals surface area contributed by atoms with Crippen LogP contribution in [0.15, 0.2) is 24.5 Å². The number of carbonyl (C=O) groups excluding carboxylic acids is 2. The van der Waals surface area contributed by atoms with E-state index in [9.17, 15) is 9.59 Å². The number of thiophene rings is 1. The standard InChI is InChI=1S/C14H13N3O2S/c15-13(19)11-9-4-8(7-2-1-3-17-6-7)5-10(18)12(9)20-14(11)16/h1-3,6,8H,4-5,16H2,(H2,15,19). The highest BCUT2D eigenvalue weighted by molar-refractivity contribution is 7.18. The molecule has 2 aromatic heterocycles. The number of Topliss-reactive ketones (excluding diaryl/α,β-unsaturated/α-hetero) is 1. The van der Waals surface area contributed by atoms with Crippen LogP contribution >= 0.6 is 11.3 Å². The molecule has 0 fully saturated rings. The number of ketones is 1. The van der Waals surface area contributed by atoms with Gasteiger partial charge in [-0.2, -0.15) is 0 Å². The summed E-state index contributed by atoms with van der Waals surface area (Å²) in [5, 5.41) is 0.336. The van der Waals surface area contributed by atoms with E-state index < -0.39 is 5.91 Å². The molecule has 0 bridgehead atoms. The van der Waals surface area contributed by atoms with Gasteiger partial charge in [-0.1, -0.05) is 6.07 Å². The number of hydrogen-bond acceptors (Lipinski definition) is 5. The first-order valence-corrected chi connectivity index (χ1v) is 7.03. The minimum Gasteiger partial charge on any atom is -0.390 e. The Labute approximate surface area is 119 Å². The number of primary amides is 1. The molecule has 0 radical (unpaired) electrons. The van der Waals surface area contributed by atoms with Crippen molar-refractivity contribution in [3.8, 4) is 0 Å². The lowest BCUT2D eigenvalue weighted by atomic mass is 9.82. The first kappa shape index (κ1) is 12.8. The number of carbonyl (C=O) groups is 2. The number of fused-ring (bicyclic) bond motifs is 1. The summed E-state index contributed by atoms with van der Waals surface area (Å²) >= 11 is 1.16. The smallest absolute Gasteiger partial charge is 0.251 e. The molecule has 1 amide bonds. The Hall–Kier alpha value is -2.21. The van der Waals surface area contributed by atoms with Gasteiger partial charge in [0.2, 0.25) is 0 Å². The van der Waals surface area contributed by atoms with Crippen molar-refractivity contribution in [2.75, 3.05) is 5.73 Å². The van der Waals surface area contributed by atoms with Crippen LogP contribution in [-0.4, -0.2) is 16.7 Å². The molecular formula is C14H13N3O2S. The van der Waals surface area contributed by atoms with Crippen LogP contribution in [0.4, 0.5) is 5.00 Å². The number of anilines is 1. The summed E-state index contributed by atoms with van der Waals surface area (Å²) in [6.07, 6.45) is 4.45. The Morgan fingerprint density at radius 2 is 2.20 bits per heavy atom. The number of aromatic nitrogens is 1. The van der Waals surface area contributed by atoms with Crippen LogP contribution in [0.2, 0.25) is 0 Å². The fourth-order valence-electron chi connectivity index (χ4n) is 2.66. The number of nitrogens with zero attached hydrogens (tertiary/aromatic N) is 1. The van der Waals surface area contributed by atoms with E-state index in [0.29, 0.717) is 33.8 Å². The lowest BCUT2D eigenvalue weighted by Gasteiger charge is -2.21. The van der Waals surface area contributed by atoms with E-state index in [2.05, 4.69) is 4.98 Å². The Morgan fingerprint density at radius 3 is 2.85 bits per heavy atom. The molecule has 102 valence electrons. The van der Waals surface area contributed by atoms with Gasteiger partial charge < -0.3 is 11.5 Å². The van der Waals surface area contributed by atoms with Gasteiger partial charge in [0.05, 0.1) is 15.4 Å². The molecular weight excluding hydrogens is 274 g/mol. The van der Waals surface area contributed by atoms with Crippen LogP contribution in [0.1, 0.15) is 43.5 Å². The maximum atomic E-state index is 12.2. The molecule has 20 heavy (non-hydrogen) atoms. The van der Waals surface area contributed by atoms with Gasteiger partial charge in [-0.25, -0.2) is 0 Å². The number of amides is 1.